The third-order valence-corrected chi connectivity index (χ3v) is 5.99. The third-order valence-electron chi connectivity index (χ3n) is 5.66. The summed E-state index contributed by atoms with van der Waals surface area (Å²) < 4.78 is 41.1. The van der Waals surface area contributed by atoms with Crippen LogP contribution < -0.4 is 10.5 Å². The van der Waals surface area contributed by atoms with Crippen LogP contribution in [0.25, 0.3) is 0 Å². The molecule has 0 aliphatic carbocycles. The Labute approximate surface area is 178 Å². The minimum atomic E-state index is -4.74. The van der Waals surface area contributed by atoms with Gasteiger partial charge in [-0.25, -0.2) is 4.79 Å². The Bertz CT molecular complexity index is 817. The molecular formula is C20H23F3N4O2S. The van der Waals surface area contributed by atoms with Gasteiger partial charge in [0, 0.05) is 43.9 Å². The van der Waals surface area contributed by atoms with Gasteiger partial charge in [-0.3, -0.25) is 0 Å². The van der Waals surface area contributed by atoms with E-state index in [0.717, 1.165) is 5.56 Å². The van der Waals surface area contributed by atoms with Gasteiger partial charge in [0.2, 0.25) is 0 Å². The molecule has 10 heteroatoms. The molecule has 2 saturated heterocycles. The molecule has 6 nitrogen and oxygen atoms in total. The molecule has 0 saturated carbocycles. The van der Waals surface area contributed by atoms with Gasteiger partial charge in [0.15, 0.2) is 0 Å². The van der Waals surface area contributed by atoms with Crippen molar-refractivity contribution in [1.29, 1.82) is 5.26 Å². The highest BCUT2D eigenvalue weighted by Crippen LogP contribution is 2.33. The van der Waals surface area contributed by atoms with E-state index >= 15 is 0 Å². The molecule has 3 rings (SSSR count). The Hall–Kier alpha value is -2.54. The van der Waals surface area contributed by atoms with Crippen LogP contribution in [0.4, 0.5) is 18.0 Å². The molecule has 1 aromatic rings. The molecule has 30 heavy (non-hydrogen) atoms. The fourth-order valence-electron chi connectivity index (χ4n) is 4.04. The SMILES string of the molecule is N#CC1CCN(C(=O)N2CC(C(N)=S)CC(c3ccc(OC(F)(F)F)cc3)C2)CC1. The van der Waals surface area contributed by atoms with Crippen LogP contribution in [0.15, 0.2) is 24.3 Å². The fourth-order valence-corrected chi connectivity index (χ4v) is 4.22. The number of carbonyl (C=O) groups excluding carboxylic acids is 1. The minimum Gasteiger partial charge on any atom is -0.406 e. The number of rotatable bonds is 3. The predicted molar refractivity (Wildman–Crippen MR) is 108 cm³/mol. The standard InChI is InChI=1S/C20H23F3N4O2S/c21-20(22,23)29-17-3-1-14(2-4-17)15-9-16(18(25)30)12-27(11-15)19(28)26-7-5-13(10-24)6-8-26/h1-4,13,15-16H,5-9,11-12H2,(H2,25,30). The van der Waals surface area contributed by atoms with Crippen molar-refractivity contribution in [2.24, 2.45) is 17.6 Å². The second-order valence-corrected chi connectivity index (χ2v) is 8.20. The van der Waals surface area contributed by atoms with Crippen LogP contribution in [0.5, 0.6) is 5.75 Å². The van der Waals surface area contributed by atoms with Crippen molar-refractivity contribution < 1.29 is 22.7 Å². The van der Waals surface area contributed by atoms with Crippen molar-refractivity contribution in [3.8, 4) is 11.8 Å². The van der Waals surface area contributed by atoms with Crippen molar-refractivity contribution in [1.82, 2.24) is 9.80 Å². The molecule has 0 spiro atoms. The Kier molecular flexibility index (Phi) is 6.71. The number of benzene rings is 1. The van der Waals surface area contributed by atoms with E-state index < -0.39 is 6.36 Å². The molecule has 2 N–H and O–H groups in total. The lowest BCUT2D eigenvalue weighted by atomic mass is 9.84. The number of thiocarbonyl (C=S) groups is 1. The van der Waals surface area contributed by atoms with Gasteiger partial charge in [0.05, 0.1) is 11.1 Å². The number of piperidine rings is 2. The first-order valence-corrected chi connectivity index (χ1v) is 10.2. The monoisotopic (exact) mass is 440 g/mol. The Morgan fingerprint density at radius 1 is 1.17 bits per heavy atom. The number of nitriles is 1. The molecular weight excluding hydrogens is 417 g/mol. The first-order valence-electron chi connectivity index (χ1n) is 9.74. The number of carbonyl (C=O) groups is 1. The lowest BCUT2D eigenvalue weighted by Crippen LogP contribution is -2.52. The summed E-state index contributed by atoms with van der Waals surface area (Å²) in [6, 6.07) is 7.83. The van der Waals surface area contributed by atoms with E-state index in [0.29, 0.717) is 50.4 Å². The molecule has 2 fully saturated rings. The van der Waals surface area contributed by atoms with Crippen molar-refractivity contribution in [3.05, 3.63) is 29.8 Å². The highest BCUT2D eigenvalue weighted by atomic mass is 32.1. The molecule has 0 bridgehead atoms. The quantitative estimate of drug-likeness (QED) is 0.726. The maximum atomic E-state index is 13.0. The summed E-state index contributed by atoms with van der Waals surface area (Å²) in [5.74, 6) is -0.595. The van der Waals surface area contributed by atoms with Crippen LogP contribution in [0.1, 0.15) is 30.7 Å². The van der Waals surface area contributed by atoms with Crippen molar-refractivity contribution >= 4 is 23.2 Å². The summed E-state index contributed by atoms with van der Waals surface area (Å²) >= 11 is 5.17. The van der Waals surface area contributed by atoms with E-state index in [1.807, 2.05) is 0 Å². The lowest BCUT2D eigenvalue weighted by Gasteiger charge is -2.41. The number of alkyl halides is 3. The van der Waals surface area contributed by atoms with E-state index in [1.165, 1.54) is 12.1 Å². The normalized spacial score (nSPS) is 23.0. The minimum absolute atomic E-state index is 0.0232. The van der Waals surface area contributed by atoms with E-state index in [9.17, 15) is 18.0 Å². The topological polar surface area (TPSA) is 82.6 Å². The first kappa shape index (κ1) is 22.2. The highest BCUT2D eigenvalue weighted by molar-refractivity contribution is 7.80. The van der Waals surface area contributed by atoms with Crippen LogP contribution in [0.3, 0.4) is 0 Å². The Morgan fingerprint density at radius 2 is 1.80 bits per heavy atom. The van der Waals surface area contributed by atoms with Crippen molar-refractivity contribution in [3.63, 3.8) is 0 Å². The number of nitrogens with zero attached hydrogens (tertiary/aromatic N) is 3. The van der Waals surface area contributed by atoms with E-state index in [1.54, 1.807) is 21.9 Å². The molecule has 2 amide bonds. The number of amides is 2. The Morgan fingerprint density at radius 3 is 2.33 bits per heavy atom. The molecule has 0 aromatic heterocycles. The molecule has 2 aliphatic heterocycles. The van der Waals surface area contributed by atoms with Gasteiger partial charge < -0.3 is 20.3 Å². The van der Waals surface area contributed by atoms with E-state index in [4.69, 9.17) is 23.2 Å². The summed E-state index contributed by atoms with van der Waals surface area (Å²) in [5, 5.41) is 9.04. The number of ether oxygens (including phenoxy) is 1. The van der Waals surface area contributed by atoms with Crippen LogP contribution >= 0.6 is 12.2 Å². The number of halogens is 3. The summed E-state index contributed by atoms with van der Waals surface area (Å²) in [5.41, 5.74) is 6.67. The second-order valence-electron chi connectivity index (χ2n) is 7.73. The summed E-state index contributed by atoms with van der Waals surface area (Å²) in [4.78, 5) is 16.8. The molecule has 0 radical (unpaired) electrons. The van der Waals surface area contributed by atoms with Crippen LogP contribution in [-0.2, 0) is 0 Å². The highest BCUT2D eigenvalue weighted by Gasteiger charge is 2.35. The third kappa shape index (κ3) is 5.53. The van der Waals surface area contributed by atoms with Gasteiger partial charge in [0.25, 0.3) is 0 Å². The van der Waals surface area contributed by atoms with Crippen LogP contribution in [0.2, 0.25) is 0 Å². The largest absolute Gasteiger partial charge is 0.573 e. The zero-order valence-electron chi connectivity index (χ0n) is 16.3. The average molecular weight is 440 g/mol. The molecule has 162 valence electrons. The van der Waals surface area contributed by atoms with Crippen LogP contribution in [0, 0.1) is 23.2 Å². The Balaban J connectivity index is 1.72. The van der Waals surface area contributed by atoms with Crippen molar-refractivity contribution in [2.75, 3.05) is 26.2 Å². The molecule has 2 aliphatic rings. The van der Waals surface area contributed by atoms with Crippen LogP contribution in [-0.4, -0.2) is 53.4 Å². The molecule has 2 heterocycles. The number of hydrogen-bond donors (Lipinski definition) is 1. The maximum absolute atomic E-state index is 13.0. The van der Waals surface area contributed by atoms with Gasteiger partial charge in [0.1, 0.15) is 5.75 Å². The fraction of sp³-hybridized carbons (Fsp3) is 0.550. The van der Waals surface area contributed by atoms with Gasteiger partial charge in [-0.2, -0.15) is 5.26 Å². The lowest BCUT2D eigenvalue weighted by molar-refractivity contribution is -0.274. The smallest absolute Gasteiger partial charge is 0.406 e. The van der Waals surface area contributed by atoms with Crippen molar-refractivity contribution in [2.45, 2.75) is 31.5 Å². The second kappa shape index (κ2) is 9.08. The molecule has 2 unspecified atom stereocenters. The zero-order chi connectivity index (χ0) is 21.9. The summed E-state index contributed by atoms with van der Waals surface area (Å²) in [7, 11) is 0. The zero-order valence-corrected chi connectivity index (χ0v) is 17.1. The average Bonchev–Trinajstić information content (AvgIpc) is 2.72. The maximum Gasteiger partial charge on any atom is 0.573 e. The predicted octanol–water partition coefficient (Wildman–Crippen LogP) is 3.63. The van der Waals surface area contributed by atoms with E-state index in [2.05, 4.69) is 10.8 Å². The summed E-state index contributed by atoms with van der Waals surface area (Å²) in [6.07, 6.45) is -2.82. The number of urea groups is 1. The van der Waals surface area contributed by atoms with Gasteiger partial charge in [-0.05, 0) is 37.0 Å². The van der Waals surface area contributed by atoms with E-state index in [-0.39, 0.29) is 29.5 Å². The van der Waals surface area contributed by atoms with Gasteiger partial charge in [-0.15, -0.1) is 13.2 Å². The number of likely N-dealkylation sites (tertiary alicyclic amines) is 2. The van der Waals surface area contributed by atoms with Gasteiger partial charge in [-0.1, -0.05) is 24.4 Å². The number of hydrogen-bond acceptors (Lipinski definition) is 4. The first-order chi connectivity index (χ1) is 14.2. The molecule has 1 aromatic carbocycles. The van der Waals surface area contributed by atoms with Gasteiger partial charge >= 0.3 is 12.4 Å². The summed E-state index contributed by atoms with van der Waals surface area (Å²) in [6.45, 7) is 1.90. The molecule has 2 atom stereocenters. The number of nitrogens with two attached hydrogens (primary N) is 1.